The van der Waals surface area contributed by atoms with Crippen LogP contribution in [0.15, 0.2) is 12.5 Å². The van der Waals surface area contributed by atoms with Gasteiger partial charge < -0.3 is 19.2 Å². The van der Waals surface area contributed by atoms with Gasteiger partial charge in [-0.2, -0.15) is 0 Å². The topological polar surface area (TPSA) is 95.6 Å². The summed E-state index contributed by atoms with van der Waals surface area (Å²) in [4.78, 5) is 25.6. The minimum absolute atomic E-state index is 1.01. The maximum Gasteiger partial charge on any atom is 0.466 e. The van der Waals surface area contributed by atoms with Gasteiger partial charge in [-0.25, -0.2) is 9.55 Å². The molecule has 1 rings (SSSR count). The first-order valence-electron chi connectivity index (χ1n) is 3.59. The lowest BCUT2D eigenvalue weighted by Gasteiger charge is -1.88. The van der Waals surface area contributed by atoms with Crippen molar-refractivity contribution in [3.8, 4) is 0 Å². The van der Waals surface area contributed by atoms with Crippen molar-refractivity contribution in [1.29, 1.82) is 0 Å². The molecule has 0 fully saturated rings. The van der Waals surface area contributed by atoms with Crippen molar-refractivity contribution in [3.05, 3.63) is 18.2 Å². The molecule has 6 nitrogen and oxygen atoms in total. The molecule has 0 radical (unpaired) electrons. The molecule has 0 saturated carbocycles. The number of hydrogen-bond acceptors (Lipinski definition) is 2. The number of phosphoric acid groups is 1. The van der Waals surface area contributed by atoms with Crippen LogP contribution in [0.5, 0.6) is 0 Å². The van der Waals surface area contributed by atoms with Crippen LogP contribution in [0.4, 0.5) is 0 Å². The molecule has 0 unspecified atom stereocenters. The minimum Gasteiger partial charge on any atom is -0.337 e. The smallest absolute Gasteiger partial charge is 0.337 e. The Labute approximate surface area is 76.1 Å². The maximum absolute atomic E-state index is 8.88. The molecule has 0 amide bonds. The molecular weight excluding hydrogens is 195 g/mol. The van der Waals surface area contributed by atoms with Gasteiger partial charge in [0, 0.05) is 12.7 Å². The van der Waals surface area contributed by atoms with E-state index < -0.39 is 7.82 Å². The summed E-state index contributed by atoms with van der Waals surface area (Å²) in [5.41, 5.74) is 1.09. The first-order chi connectivity index (χ1) is 5.83. The molecule has 1 aromatic heterocycles. The van der Waals surface area contributed by atoms with Gasteiger partial charge in [-0.3, -0.25) is 0 Å². The Hall–Kier alpha value is -0.680. The molecule has 0 aromatic carbocycles. The van der Waals surface area contributed by atoms with Crippen molar-refractivity contribution in [2.45, 2.75) is 20.4 Å². The molecule has 0 spiro atoms. The van der Waals surface area contributed by atoms with Crippen LogP contribution in [0, 0.1) is 6.92 Å². The Kier molecular flexibility index (Phi) is 4.87. The van der Waals surface area contributed by atoms with Crippen molar-refractivity contribution in [2.75, 3.05) is 0 Å². The summed E-state index contributed by atoms with van der Waals surface area (Å²) in [7, 11) is -4.64. The zero-order valence-electron chi connectivity index (χ0n) is 7.45. The summed E-state index contributed by atoms with van der Waals surface area (Å²) in [6.45, 7) is 5.11. The predicted octanol–water partition coefficient (Wildman–Crippen LogP) is 0.283. The molecule has 0 aliphatic heterocycles. The van der Waals surface area contributed by atoms with Crippen LogP contribution < -0.4 is 0 Å². The Morgan fingerprint density at radius 3 is 2.15 bits per heavy atom. The number of imidazole rings is 1. The van der Waals surface area contributed by atoms with Crippen molar-refractivity contribution in [2.24, 2.45) is 0 Å². The summed E-state index contributed by atoms with van der Waals surface area (Å²) < 4.78 is 10.9. The van der Waals surface area contributed by atoms with Crippen LogP contribution in [-0.2, 0) is 11.1 Å². The van der Waals surface area contributed by atoms with Crippen LogP contribution in [0.2, 0.25) is 0 Å². The predicted molar refractivity (Wildman–Crippen MR) is 46.9 cm³/mol. The van der Waals surface area contributed by atoms with Crippen molar-refractivity contribution in [3.63, 3.8) is 0 Å². The van der Waals surface area contributed by atoms with Gasteiger partial charge in [0.1, 0.15) is 0 Å². The van der Waals surface area contributed by atoms with Crippen LogP contribution in [0.1, 0.15) is 12.6 Å². The Morgan fingerprint density at radius 2 is 2.00 bits per heavy atom. The number of rotatable bonds is 1. The highest BCUT2D eigenvalue weighted by Crippen LogP contribution is 2.25. The summed E-state index contributed by atoms with van der Waals surface area (Å²) in [5.74, 6) is 0. The monoisotopic (exact) mass is 208 g/mol. The molecule has 0 aliphatic carbocycles. The average molecular weight is 208 g/mol. The molecule has 0 atom stereocenters. The second-order valence-corrected chi connectivity index (χ2v) is 3.39. The molecule has 1 heterocycles. The first-order valence-corrected chi connectivity index (χ1v) is 5.16. The fraction of sp³-hybridized carbons (Fsp3) is 0.500. The van der Waals surface area contributed by atoms with E-state index in [1.165, 1.54) is 0 Å². The van der Waals surface area contributed by atoms with E-state index in [9.17, 15) is 0 Å². The average Bonchev–Trinajstić information content (AvgIpc) is 2.31. The maximum atomic E-state index is 8.88. The standard InChI is InChI=1S/C6H10N2.H3O4P/c1-3-8-4-6(2)7-5-8;1-5(2,3)4/h4-5H,3H2,1-2H3;(H3,1,2,3,4). The zero-order valence-corrected chi connectivity index (χ0v) is 8.35. The number of aromatic nitrogens is 2. The third-order valence-corrected chi connectivity index (χ3v) is 1.13. The van der Waals surface area contributed by atoms with E-state index in [-0.39, 0.29) is 0 Å². The lowest BCUT2D eigenvalue weighted by atomic mass is 10.6. The first kappa shape index (κ1) is 12.3. The quantitative estimate of drug-likeness (QED) is 0.576. The van der Waals surface area contributed by atoms with Crippen LogP contribution in [-0.4, -0.2) is 24.2 Å². The molecule has 7 heteroatoms. The fourth-order valence-corrected chi connectivity index (χ4v) is 0.645. The molecule has 0 saturated heterocycles. The van der Waals surface area contributed by atoms with Gasteiger partial charge in [-0.05, 0) is 13.8 Å². The van der Waals surface area contributed by atoms with Crippen molar-refractivity contribution in [1.82, 2.24) is 9.55 Å². The largest absolute Gasteiger partial charge is 0.466 e. The third-order valence-electron chi connectivity index (χ3n) is 1.13. The highest BCUT2D eigenvalue weighted by atomic mass is 31.2. The van der Waals surface area contributed by atoms with Crippen molar-refractivity contribution < 1.29 is 19.2 Å². The van der Waals surface area contributed by atoms with Gasteiger partial charge in [0.2, 0.25) is 0 Å². The van der Waals surface area contributed by atoms with E-state index in [4.69, 9.17) is 19.2 Å². The van der Waals surface area contributed by atoms with E-state index in [0.717, 1.165) is 12.2 Å². The van der Waals surface area contributed by atoms with Gasteiger partial charge in [0.25, 0.3) is 0 Å². The third kappa shape index (κ3) is 9.23. The Morgan fingerprint density at radius 1 is 1.54 bits per heavy atom. The molecule has 1 aromatic rings. The normalized spacial score (nSPS) is 10.5. The zero-order chi connectivity index (χ0) is 10.5. The van der Waals surface area contributed by atoms with Gasteiger partial charge in [-0.1, -0.05) is 0 Å². The number of aryl methyl sites for hydroxylation is 2. The molecular formula is C6H13N2O4P. The van der Waals surface area contributed by atoms with Crippen LogP contribution >= 0.6 is 7.82 Å². The van der Waals surface area contributed by atoms with Gasteiger partial charge in [-0.15, -0.1) is 0 Å². The molecule has 13 heavy (non-hydrogen) atoms. The van der Waals surface area contributed by atoms with Crippen LogP contribution in [0.25, 0.3) is 0 Å². The van der Waals surface area contributed by atoms with Gasteiger partial charge in [0.15, 0.2) is 0 Å². The minimum atomic E-state index is -4.64. The van der Waals surface area contributed by atoms with E-state index in [1.54, 1.807) is 0 Å². The van der Waals surface area contributed by atoms with E-state index in [1.807, 2.05) is 19.4 Å². The highest BCUT2D eigenvalue weighted by Gasteiger charge is 2.00. The fourth-order valence-electron chi connectivity index (χ4n) is 0.645. The summed E-state index contributed by atoms with van der Waals surface area (Å²) in [5, 5.41) is 0. The van der Waals surface area contributed by atoms with Gasteiger partial charge >= 0.3 is 7.82 Å². The summed E-state index contributed by atoms with van der Waals surface area (Å²) in [6.07, 6.45) is 3.87. The Bertz CT molecular complexity index is 284. The van der Waals surface area contributed by atoms with Crippen LogP contribution in [0.3, 0.4) is 0 Å². The summed E-state index contributed by atoms with van der Waals surface area (Å²) >= 11 is 0. The Balaban J connectivity index is 0.000000252. The SMILES string of the molecule is CCn1cnc(C)c1.O=P(O)(O)O. The molecule has 3 N–H and O–H groups in total. The highest BCUT2D eigenvalue weighted by molar-refractivity contribution is 7.45. The van der Waals surface area contributed by atoms with Crippen molar-refractivity contribution >= 4 is 7.82 Å². The molecule has 0 bridgehead atoms. The molecule has 76 valence electrons. The van der Waals surface area contributed by atoms with E-state index in [2.05, 4.69) is 16.5 Å². The summed E-state index contributed by atoms with van der Waals surface area (Å²) in [6, 6.07) is 0. The number of nitrogens with zero attached hydrogens (tertiary/aromatic N) is 2. The van der Waals surface area contributed by atoms with E-state index in [0.29, 0.717) is 0 Å². The second-order valence-electron chi connectivity index (χ2n) is 2.36. The van der Waals surface area contributed by atoms with Gasteiger partial charge in [0.05, 0.1) is 12.0 Å². The second kappa shape index (κ2) is 5.14. The number of hydrogen-bond donors (Lipinski definition) is 3. The lowest BCUT2D eigenvalue weighted by Crippen LogP contribution is -1.86. The van der Waals surface area contributed by atoms with E-state index >= 15 is 0 Å². The molecule has 0 aliphatic rings. The lowest BCUT2D eigenvalue weighted by molar-refractivity contribution is 0.275.